The number of anilines is 1. The molecule has 0 radical (unpaired) electrons. The highest BCUT2D eigenvalue weighted by Gasteiger charge is 2.68. The quantitative estimate of drug-likeness (QED) is 0.242. The molecule has 0 spiro atoms. The van der Waals surface area contributed by atoms with Gasteiger partial charge in [0.1, 0.15) is 35.6 Å². The maximum absolute atomic E-state index is 13.8. The number of hydrogen-bond acceptors (Lipinski definition) is 9. The van der Waals surface area contributed by atoms with E-state index in [0.29, 0.717) is 0 Å². The number of aliphatic hydroxyl groups is 3. The summed E-state index contributed by atoms with van der Waals surface area (Å²) in [5.41, 5.74) is 3.46. The van der Waals surface area contributed by atoms with E-state index in [1.807, 2.05) is 0 Å². The predicted octanol–water partition coefficient (Wildman–Crippen LogP) is -3.56. The topological polar surface area (TPSA) is 157 Å². The molecule has 0 amide bonds. The van der Waals surface area contributed by atoms with Crippen molar-refractivity contribution in [1.29, 1.82) is 0 Å². The van der Waals surface area contributed by atoms with Crippen LogP contribution in [0.4, 0.5) is 5.82 Å². The van der Waals surface area contributed by atoms with Crippen LogP contribution in [-0.4, -0.2) is 84.3 Å². The van der Waals surface area contributed by atoms with Gasteiger partial charge < -0.3 is 25.8 Å². The van der Waals surface area contributed by atoms with Gasteiger partial charge in [-0.25, -0.2) is 15.0 Å². The molecule has 1 aliphatic heterocycles. The predicted molar refractivity (Wildman–Crippen MR) is 110 cm³/mol. The summed E-state index contributed by atoms with van der Waals surface area (Å²) in [5, 5.41) is 30.5. The van der Waals surface area contributed by atoms with Gasteiger partial charge in [-0.05, 0) is 0 Å². The number of carbonyl (C=O) groups excluding carboxylic acids is 1. The number of rotatable bonds is 4. The van der Waals surface area contributed by atoms with Gasteiger partial charge in [-0.3, -0.25) is 9.36 Å². The van der Waals surface area contributed by atoms with Crippen molar-refractivity contribution in [3.63, 3.8) is 0 Å². The molecule has 0 aliphatic carbocycles. The van der Waals surface area contributed by atoms with E-state index < -0.39 is 34.7 Å². The van der Waals surface area contributed by atoms with Crippen molar-refractivity contribution in [3.8, 4) is 0 Å². The minimum absolute atomic E-state index is 0.0533. The molecule has 4 rings (SSSR count). The van der Waals surface area contributed by atoms with E-state index in [1.54, 1.807) is 30.3 Å². The van der Waals surface area contributed by atoms with Crippen LogP contribution >= 0.6 is 0 Å². The molecular formula is C17H21N5O5Si2. The van der Waals surface area contributed by atoms with E-state index in [9.17, 15) is 20.1 Å². The average molecular weight is 432 g/mol. The number of nitrogens with zero attached hydrogens (tertiary/aromatic N) is 4. The van der Waals surface area contributed by atoms with Crippen LogP contribution in [-0.2, 0) is 10.5 Å². The Balaban J connectivity index is 2.03. The Hall–Kier alpha value is -2.49. The maximum Gasteiger partial charge on any atom is 0.240 e. The van der Waals surface area contributed by atoms with Crippen molar-refractivity contribution in [3.05, 3.63) is 48.5 Å². The minimum atomic E-state index is -2.08. The molecule has 10 nitrogen and oxygen atoms in total. The van der Waals surface area contributed by atoms with Crippen molar-refractivity contribution in [2.45, 2.75) is 28.9 Å². The van der Waals surface area contributed by atoms with E-state index >= 15 is 0 Å². The lowest BCUT2D eigenvalue weighted by Gasteiger charge is -2.39. The molecule has 5 N–H and O–H groups in total. The Bertz CT molecular complexity index is 1080. The number of fused-ring (bicyclic) bond motifs is 1. The first-order chi connectivity index (χ1) is 13.7. The molecule has 152 valence electrons. The van der Waals surface area contributed by atoms with Crippen molar-refractivity contribution < 1.29 is 24.9 Å². The number of nitrogens with two attached hydrogens (primary N) is 1. The zero-order valence-corrected chi connectivity index (χ0v) is 19.8. The molecule has 1 fully saturated rings. The van der Waals surface area contributed by atoms with Gasteiger partial charge in [0.2, 0.25) is 11.5 Å². The van der Waals surface area contributed by atoms with Crippen LogP contribution < -0.4 is 5.73 Å². The summed E-state index contributed by atoms with van der Waals surface area (Å²) >= 11 is 0. The molecule has 0 bridgehead atoms. The molecule has 2 aromatic heterocycles. The zero-order chi connectivity index (χ0) is 21.0. The number of aliphatic hydroxyl groups excluding tert-OH is 2. The van der Waals surface area contributed by atoms with Gasteiger partial charge in [-0.15, -0.1) is 0 Å². The summed E-state index contributed by atoms with van der Waals surface area (Å²) in [6.07, 6.45) is -0.124. The van der Waals surface area contributed by atoms with Crippen molar-refractivity contribution in [2.75, 3.05) is 5.73 Å². The van der Waals surface area contributed by atoms with Crippen LogP contribution in [0.3, 0.4) is 0 Å². The maximum atomic E-state index is 13.8. The van der Waals surface area contributed by atoms with Crippen molar-refractivity contribution in [1.82, 2.24) is 19.5 Å². The molecular weight excluding hydrogens is 410 g/mol. The molecule has 3 aromatic rings. The Kier molecular flexibility index (Phi) is 4.64. The smallest absolute Gasteiger partial charge is 0.240 e. The second-order valence-electron chi connectivity index (χ2n) is 7.30. The van der Waals surface area contributed by atoms with Gasteiger partial charge in [0.05, 0.1) is 16.0 Å². The van der Waals surface area contributed by atoms with E-state index in [1.165, 1.54) is 17.2 Å². The molecule has 29 heavy (non-hydrogen) atoms. The van der Waals surface area contributed by atoms with E-state index in [0.717, 1.165) is 0 Å². The molecule has 1 aliphatic rings. The number of ether oxygens (including phenoxy) is 1. The number of carbonyl (C=O) groups is 1. The number of aromatic nitrogens is 4. The fourth-order valence-corrected chi connectivity index (χ4v) is 5.24. The van der Waals surface area contributed by atoms with E-state index in [2.05, 4.69) is 15.0 Å². The lowest BCUT2D eigenvalue weighted by molar-refractivity contribution is -0.130. The molecule has 0 saturated carbocycles. The van der Waals surface area contributed by atoms with Crippen molar-refractivity contribution >= 4 is 43.2 Å². The minimum Gasteiger partial charge on any atom is -0.395 e. The summed E-state index contributed by atoms with van der Waals surface area (Å²) < 4.78 is 7.33. The molecule has 3 heterocycles. The number of hydrogen-bond donors (Lipinski definition) is 4. The third kappa shape index (κ3) is 2.68. The Morgan fingerprint density at radius 1 is 1.28 bits per heavy atom. The number of nitrogen functional groups attached to an aromatic ring is 1. The Labute approximate surface area is 171 Å². The molecule has 12 heteroatoms. The van der Waals surface area contributed by atoms with Crippen LogP contribution in [0.25, 0.3) is 11.2 Å². The lowest BCUT2D eigenvalue weighted by atomic mass is 9.92. The monoisotopic (exact) mass is 431 g/mol. The van der Waals surface area contributed by atoms with E-state index in [-0.39, 0.29) is 43.0 Å². The highest BCUT2D eigenvalue weighted by Crippen LogP contribution is 2.46. The van der Waals surface area contributed by atoms with Crippen LogP contribution in [0.2, 0.25) is 0 Å². The third-order valence-electron chi connectivity index (χ3n) is 5.40. The van der Waals surface area contributed by atoms with E-state index in [4.69, 9.17) is 10.5 Å². The molecule has 5 atom stereocenters. The van der Waals surface area contributed by atoms with Crippen molar-refractivity contribution in [2.24, 2.45) is 0 Å². The second kappa shape index (κ2) is 6.79. The molecule has 1 unspecified atom stereocenters. The Morgan fingerprint density at radius 3 is 2.59 bits per heavy atom. The van der Waals surface area contributed by atoms with Gasteiger partial charge in [0.25, 0.3) is 0 Å². The summed E-state index contributed by atoms with van der Waals surface area (Å²) in [4.78, 5) is 26.0. The molecule has 1 aromatic carbocycles. The first kappa shape index (κ1) is 19.8. The Morgan fingerprint density at radius 2 is 1.97 bits per heavy atom. The van der Waals surface area contributed by atoms with Gasteiger partial charge in [0.15, 0.2) is 11.5 Å². The van der Waals surface area contributed by atoms with Gasteiger partial charge in [-0.1, -0.05) is 30.3 Å². The highest BCUT2D eigenvalue weighted by atomic mass is 28.1. The van der Waals surface area contributed by atoms with Crippen LogP contribution in [0.15, 0.2) is 43.0 Å². The van der Waals surface area contributed by atoms with Gasteiger partial charge in [0, 0.05) is 15.8 Å². The van der Waals surface area contributed by atoms with Gasteiger partial charge in [-0.2, -0.15) is 0 Å². The number of imidazole rings is 1. The number of Topliss-reactive ketones (excluding diaryl/α,β-unsaturated/α-hetero) is 1. The normalized spacial score (nSPS) is 30.7. The summed E-state index contributed by atoms with van der Waals surface area (Å²) in [7, 11) is 0.216. The third-order valence-corrected chi connectivity index (χ3v) is 7.33. The fourth-order valence-electron chi connectivity index (χ4n) is 3.83. The first-order valence-corrected chi connectivity index (χ1v) is 11.2. The summed E-state index contributed by atoms with van der Waals surface area (Å²) in [6.45, 7) is 0. The van der Waals surface area contributed by atoms with Crippen LogP contribution in [0.1, 0.15) is 10.4 Å². The largest absolute Gasteiger partial charge is 0.395 e. The van der Waals surface area contributed by atoms with Gasteiger partial charge >= 0.3 is 0 Å². The second-order valence-corrected chi connectivity index (χ2v) is 10.0. The summed E-state index contributed by atoms with van der Waals surface area (Å²) in [6, 6.07) is 8.30. The standard InChI is InChI=1S/C17H21N5O5Si2/c18-13-9-14(20-6-19-13)22(7-21-9)16(11(23)8-4-2-1-3-5-8)17(26,29)12(24)10(27-16)15(25)28/h1-7,10,12,15,24-26H,28-29H3,(H2,18,19,20)/t10-,12+,15?,16+,17-/m0/s1. The first-order valence-electron chi connectivity index (χ1n) is 9.02. The fraction of sp³-hybridized carbons (Fsp3) is 0.294. The average Bonchev–Trinajstić information content (AvgIpc) is 3.22. The lowest BCUT2D eigenvalue weighted by Crippen LogP contribution is -2.62. The SMILES string of the molecule is Nc1ncnc2c1ncn2[C@]1(C(=O)c2ccccc2)O[C@H](C(O)[SiH3])[C@@H](O)[C@]1(O)[SiH3]. The van der Waals surface area contributed by atoms with Crippen LogP contribution in [0, 0.1) is 0 Å². The van der Waals surface area contributed by atoms with Crippen LogP contribution in [0.5, 0.6) is 0 Å². The zero-order valence-electron chi connectivity index (χ0n) is 15.8. The summed E-state index contributed by atoms with van der Waals surface area (Å²) in [5.74, 6) is -0.484. The number of benzene rings is 1. The number of ketones is 1. The highest BCUT2D eigenvalue weighted by molar-refractivity contribution is 6.21. The molecule has 1 saturated heterocycles.